The van der Waals surface area contributed by atoms with E-state index in [1.54, 1.807) is 12.3 Å². The van der Waals surface area contributed by atoms with Gasteiger partial charge >= 0.3 is 0 Å². The van der Waals surface area contributed by atoms with Crippen molar-refractivity contribution < 1.29 is 4.79 Å². The van der Waals surface area contributed by atoms with E-state index in [2.05, 4.69) is 20.7 Å². The van der Waals surface area contributed by atoms with Gasteiger partial charge in [0.15, 0.2) is 0 Å². The molecule has 0 radical (unpaired) electrons. The van der Waals surface area contributed by atoms with Crippen molar-refractivity contribution >= 4 is 11.6 Å². The Morgan fingerprint density at radius 2 is 1.70 bits per heavy atom. The first kappa shape index (κ1) is 19.4. The number of hydrogen-bond acceptors (Lipinski definition) is 4. The highest BCUT2D eigenvalue weighted by molar-refractivity contribution is 5.93. The number of aryl methyl sites for hydroxylation is 1. The molecule has 1 amide bonds. The summed E-state index contributed by atoms with van der Waals surface area (Å²) in [5.74, 6) is -0.200. The predicted octanol–water partition coefficient (Wildman–Crippen LogP) is 4.02. The Hall–Kier alpha value is -3.93. The molecule has 30 heavy (non-hydrogen) atoms. The Bertz CT molecular complexity index is 1120. The summed E-state index contributed by atoms with van der Waals surface area (Å²) in [5, 5.41) is 10.9. The van der Waals surface area contributed by atoms with Gasteiger partial charge in [-0.05, 0) is 17.7 Å². The van der Waals surface area contributed by atoms with Crippen LogP contribution in [0.25, 0.3) is 11.3 Å². The minimum atomic E-state index is -0.200. The van der Waals surface area contributed by atoms with Crippen LogP contribution in [0.3, 0.4) is 0 Å². The number of anilines is 1. The van der Waals surface area contributed by atoms with E-state index in [0.29, 0.717) is 18.8 Å². The summed E-state index contributed by atoms with van der Waals surface area (Å²) in [5.41, 5.74) is 5.36. The number of benzene rings is 2. The van der Waals surface area contributed by atoms with Crippen molar-refractivity contribution in [3.8, 4) is 11.3 Å². The van der Waals surface area contributed by atoms with Crippen LogP contribution in [0.5, 0.6) is 0 Å². The molecule has 0 aliphatic rings. The smallest absolute Gasteiger partial charge is 0.270 e. The van der Waals surface area contributed by atoms with Crippen molar-refractivity contribution in [2.75, 3.05) is 5.32 Å². The van der Waals surface area contributed by atoms with Gasteiger partial charge in [0.2, 0.25) is 0 Å². The fourth-order valence-electron chi connectivity index (χ4n) is 3.24. The summed E-state index contributed by atoms with van der Waals surface area (Å²) >= 11 is 0. The lowest BCUT2D eigenvalue weighted by Crippen LogP contribution is -2.23. The van der Waals surface area contributed by atoms with E-state index in [1.165, 1.54) is 0 Å². The third-order valence-electron chi connectivity index (χ3n) is 4.72. The van der Waals surface area contributed by atoms with Gasteiger partial charge < -0.3 is 10.6 Å². The number of carbonyl (C=O) groups excluding carboxylic acids is 1. The summed E-state index contributed by atoms with van der Waals surface area (Å²) in [6, 6.07) is 23.5. The van der Waals surface area contributed by atoms with Crippen LogP contribution in [0.4, 0.5) is 5.69 Å². The maximum absolute atomic E-state index is 12.5. The molecule has 2 N–H and O–H groups in total. The van der Waals surface area contributed by atoms with Crippen LogP contribution in [0.1, 0.15) is 21.6 Å². The van der Waals surface area contributed by atoms with Crippen molar-refractivity contribution in [2.24, 2.45) is 7.05 Å². The van der Waals surface area contributed by atoms with Gasteiger partial charge in [-0.3, -0.25) is 14.5 Å². The van der Waals surface area contributed by atoms with E-state index >= 15 is 0 Å². The molecule has 0 spiro atoms. The van der Waals surface area contributed by atoms with Crippen LogP contribution < -0.4 is 10.6 Å². The fraction of sp³-hybridized carbons (Fsp3) is 0.125. The lowest BCUT2D eigenvalue weighted by atomic mass is 10.1. The van der Waals surface area contributed by atoms with Crippen LogP contribution in [-0.4, -0.2) is 20.7 Å². The number of amides is 1. The molecule has 2 aromatic heterocycles. The van der Waals surface area contributed by atoms with Gasteiger partial charge in [0.25, 0.3) is 5.91 Å². The first-order chi connectivity index (χ1) is 14.7. The highest BCUT2D eigenvalue weighted by Crippen LogP contribution is 2.22. The monoisotopic (exact) mass is 397 g/mol. The third-order valence-corrected chi connectivity index (χ3v) is 4.72. The molecule has 2 aromatic carbocycles. The molecule has 0 aliphatic heterocycles. The molecule has 4 aromatic rings. The van der Waals surface area contributed by atoms with Gasteiger partial charge in [0, 0.05) is 49.3 Å². The van der Waals surface area contributed by atoms with Crippen molar-refractivity contribution in [3.63, 3.8) is 0 Å². The third kappa shape index (κ3) is 4.72. The van der Waals surface area contributed by atoms with E-state index in [4.69, 9.17) is 0 Å². The normalized spacial score (nSPS) is 10.6. The molecule has 6 heteroatoms. The Kier molecular flexibility index (Phi) is 5.85. The van der Waals surface area contributed by atoms with E-state index in [0.717, 1.165) is 28.1 Å². The highest BCUT2D eigenvalue weighted by Gasteiger charge is 2.11. The highest BCUT2D eigenvalue weighted by atomic mass is 16.1. The number of nitrogens with one attached hydrogen (secondary N) is 2. The standard InChI is InChI=1S/C24H23N5O/c1-29-17-20(23(28-29)19-10-6-3-7-11-19)16-26-21-12-13-25-22(14-21)24(30)27-15-18-8-4-2-5-9-18/h2-14,17H,15-16H2,1H3,(H,25,26)(H,27,30). The van der Waals surface area contributed by atoms with Gasteiger partial charge in [0.05, 0.1) is 5.69 Å². The minimum absolute atomic E-state index is 0.200. The molecule has 0 saturated carbocycles. The fourth-order valence-corrected chi connectivity index (χ4v) is 3.24. The maximum Gasteiger partial charge on any atom is 0.270 e. The molecule has 0 aliphatic carbocycles. The summed E-state index contributed by atoms with van der Waals surface area (Å²) in [6.07, 6.45) is 3.64. The molecule has 0 atom stereocenters. The van der Waals surface area contributed by atoms with Gasteiger partial charge in [-0.25, -0.2) is 0 Å². The van der Waals surface area contributed by atoms with Gasteiger partial charge in [-0.2, -0.15) is 5.10 Å². The van der Waals surface area contributed by atoms with Crippen LogP contribution in [0.2, 0.25) is 0 Å². The number of hydrogen-bond donors (Lipinski definition) is 2. The molecule has 4 rings (SSSR count). The summed E-state index contributed by atoms with van der Waals surface area (Å²) in [4.78, 5) is 16.7. The molecule has 0 bridgehead atoms. The zero-order valence-electron chi connectivity index (χ0n) is 16.7. The predicted molar refractivity (Wildman–Crippen MR) is 118 cm³/mol. The lowest BCUT2D eigenvalue weighted by Gasteiger charge is -2.09. The molecule has 6 nitrogen and oxygen atoms in total. The Labute approximate surface area is 175 Å². The molecule has 0 fully saturated rings. The zero-order valence-corrected chi connectivity index (χ0v) is 16.7. The lowest BCUT2D eigenvalue weighted by molar-refractivity contribution is 0.0946. The minimum Gasteiger partial charge on any atom is -0.381 e. The van der Waals surface area contributed by atoms with Crippen LogP contribution in [0.15, 0.2) is 85.2 Å². The second kappa shape index (κ2) is 9.05. The average molecular weight is 397 g/mol. The number of aromatic nitrogens is 3. The largest absolute Gasteiger partial charge is 0.381 e. The van der Waals surface area contributed by atoms with Crippen molar-refractivity contribution in [1.82, 2.24) is 20.1 Å². The van der Waals surface area contributed by atoms with E-state index in [1.807, 2.05) is 84.7 Å². The number of nitrogens with zero attached hydrogens (tertiary/aromatic N) is 3. The van der Waals surface area contributed by atoms with E-state index in [-0.39, 0.29) is 5.91 Å². The Balaban J connectivity index is 1.42. The Morgan fingerprint density at radius 1 is 0.967 bits per heavy atom. The number of pyridine rings is 1. The molecule has 150 valence electrons. The molecule has 0 saturated heterocycles. The summed E-state index contributed by atoms with van der Waals surface area (Å²) in [6.45, 7) is 1.06. The summed E-state index contributed by atoms with van der Waals surface area (Å²) in [7, 11) is 1.91. The van der Waals surface area contributed by atoms with Crippen molar-refractivity contribution in [2.45, 2.75) is 13.1 Å². The SMILES string of the molecule is Cn1cc(CNc2ccnc(C(=O)NCc3ccccc3)c2)c(-c2ccccc2)n1. The van der Waals surface area contributed by atoms with Crippen LogP contribution in [-0.2, 0) is 20.1 Å². The second-order valence-corrected chi connectivity index (χ2v) is 6.99. The van der Waals surface area contributed by atoms with E-state index < -0.39 is 0 Å². The number of carbonyl (C=O) groups is 1. The zero-order chi connectivity index (χ0) is 20.8. The van der Waals surface area contributed by atoms with Crippen molar-refractivity contribution in [3.05, 3.63) is 102 Å². The topological polar surface area (TPSA) is 71.8 Å². The van der Waals surface area contributed by atoms with Crippen LogP contribution >= 0.6 is 0 Å². The average Bonchev–Trinajstić information content (AvgIpc) is 3.18. The maximum atomic E-state index is 12.5. The van der Waals surface area contributed by atoms with Gasteiger partial charge in [-0.15, -0.1) is 0 Å². The molecular formula is C24H23N5O. The Morgan fingerprint density at radius 3 is 2.47 bits per heavy atom. The van der Waals surface area contributed by atoms with E-state index in [9.17, 15) is 4.79 Å². The first-order valence-corrected chi connectivity index (χ1v) is 9.79. The molecule has 0 unspecified atom stereocenters. The first-order valence-electron chi connectivity index (χ1n) is 9.79. The quantitative estimate of drug-likeness (QED) is 0.494. The van der Waals surface area contributed by atoms with Crippen molar-refractivity contribution in [1.29, 1.82) is 0 Å². The second-order valence-electron chi connectivity index (χ2n) is 6.99. The molecule has 2 heterocycles. The number of rotatable bonds is 7. The van der Waals surface area contributed by atoms with Crippen LogP contribution in [0, 0.1) is 0 Å². The van der Waals surface area contributed by atoms with Gasteiger partial charge in [0.1, 0.15) is 5.69 Å². The molecular weight excluding hydrogens is 374 g/mol. The summed E-state index contributed by atoms with van der Waals surface area (Å²) < 4.78 is 1.81. The van der Waals surface area contributed by atoms with Gasteiger partial charge in [-0.1, -0.05) is 60.7 Å².